The molecule has 0 spiro atoms. The summed E-state index contributed by atoms with van der Waals surface area (Å²) in [7, 11) is 0. The lowest BCUT2D eigenvalue weighted by Gasteiger charge is -2.30. The van der Waals surface area contributed by atoms with E-state index in [4.69, 9.17) is 0 Å². The molecule has 0 bridgehead atoms. The van der Waals surface area contributed by atoms with Crippen molar-refractivity contribution in [1.29, 1.82) is 0 Å². The average Bonchev–Trinajstić information content (AvgIpc) is 3.22. The molecule has 2 aliphatic rings. The maximum absolute atomic E-state index is 13.5. The number of halogens is 3. The molecule has 0 radical (unpaired) electrons. The van der Waals surface area contributed by atoms with E-state index in [1.165, 1.54) is 32.0 Å². The second-order valence-corrected chi connectivity index (χ2v) is 7.01. The van der Waals surface area contributed by atoms with E-state index < -0.39 is 11.7 Å². The van der Waals surface area contributed by atoms with Crippen molar-refractivity contribution in [1.82, 2.24) is 15.2 Å². The van der Waals surface area contributed by atoms with Gasteiger partial charge in [-0.3, -0.25) is 14.7 Å². The van der Waals surface area contributed by atoms with Crippen molar-refractivity contribution in [3.05, 3.63) is 29.1 Å². The molecular formula is C18H24F3N3O. The van der Waals surface area contributed by atoms with Gasteiger partial charge in [-0.1, -0.05) is 12.8 Å². The maximum atomic E-state index is 13.5. The van der Waals surface area contributed by atoms with Crippen LogP contribution in [0, 0.1) is 0 Å². The molecule has 2 fully saturated rings. The number of aromatic nitrogens is 1. The van der Waals surface area contributed by atoms with Gasteiger partial charge in [-0.15, -0.1) is 0 Å². The molecule has 1 amide bonds. The largest absolute Gasteiger partial charge is 0.416 e. The van der Waals surface area contributed by atoms with Crippen LogP contribution in [-0.4, -0.2) is 28.4 Å². The highest BCUT2D eigenvalue weighted by Crippen LogP contribution is 2.40. The van der Waals surface area contributed by atoms with E-state index in [9.17, 15) is 18.0 Å². The van der Waals surface area contributed by atoms with Gasteiger partial charge in [0.05, 0.1) is 17.3 Å². The summed E-state index contributed by atoms with van der Waals surface area (Å²) >= 11 is 0. The number of nitrogens with zero attached hydrogens (tertiary/aromatic N) is 2. The zero-order valence-corrected chi connectivity index (χ0v) is 14.4. The molecule has 7 heteroatoms. The van der Waals surface area contributed by atoms with E-state index in [0.717, 1.165) is 32.2 Å². The van der Waals surface area contributed by atoms with Gasteiger partial charge >= 0.3 is 6.18 Å². The van der Waals surface area contributed by atoms with Crippen LogP contribution in [0.25, 0.3) is 0 Å². The van der Waals surface area contributed by atoms with Gasteiger partial charge in [0.25, 0.3) is 0 Å². The van der Waals surface area contributed by atoms with Crippen molar-refractivity contribution in [3.63, 3.8) is 0 Å². The smallest absolute Gasteiger partial charge is 0.352 e. The molecule has 1 N–H and O–H groups in total. The standard InChI is InChI=1S/C18H24F3N3O/c1-12(25)22-10-13-11-23-16(9-15(13)18(19,20)21)17-7-4-8-24(17)14-5-2-3-6-14/h9,11,14,17H,2-8,10H2,1H3,(H,22,25). The van der Waals surface area contributed by atoms with Crippen LogP contribution in [0.1, 0.15) is 68.3 Å². The number of nitrogens with one attached hydrogen (secondary N) is 1. The van der Waals surface area contributed by atoms with E-state index in [0.29, 0.717) is 11.7 Å². The van der Waals surface area contributed by atoms with Crippen molar-refractivity contribution in [2.24, 2.45) is 0 Å². The number of amides is 1. The Morgan fingerprint density at radius 3 is 2.64 bits per heavy atom. The Balaban J connectivity index is 1.87. The summed E-state index contributed by atoms with van der Waals surface area (Å²) < 4.78 is 40.5. The average molecular weight is 355 g/mol. The third kappa shape index (κ3) is 4.14. The van der Waals surface area contributed by atoms with Crippen LogP contribution in [0.5, 0.6) is 0 Å². The summed E-state index contributed by atoms with van der Waals surface area (Å²) in [6.07, 6.45) is 3.33. The number of pyridine rings is 1. The van der Waals surface area contributed by atoms with E-state index in [1.54, 1.807) is 0 Å². The summed E-state index contributed by atoms with van der Waals surface area (Å²) in [6.45, 7) is 2.06. The molecule has 138 valence electrons. The fourth-order valence-electron chi connectivity index (χ4n) is 4.09. The van der Waals surface area contributed by atoms with Crippen LogP contribution in [0.15, 0.2) is 12.3 Å². The van der Waals surface area contributed by atoms with E-state index >= 15 is 0 Å². The Hall–Kier alpha value is -1.63. The second kappa shape index (κ2) is 7.32. The lowest BCUT2D eigenvalue weighted by molar-refractivity contribution is -0.138. The SMILES string of the molecule is CC(=O)NCc1cnc(C2CCCN2C2CCCC2)cc1C(F)(F)F. The highest BCUT2D eigenvalue weighted by molar-refractivity contribution is 5.72. The molecule has 2 heterocycles. The minimum absolute atomic E-state index is 0.0110. The molecule has 25 heavy (non-hydrogen) atoms. The Morgan fingerprint density at radius 2 is 2.00 bits per heavy atom. The van der Waals surface area contributed by atoms with E-state index in [2.05, 4.69) is 15.2 Å². The number of likely N-dealkylation sites (tertiary alicyclic amines) is 1. The highest BCUT2D eigenvalue weighted by atomic mass is 19.4. The van der Waals surface area contributed by atoms with Gasteiger partial charge < -0.3 is 5.32 Å². The number of rotatable bonds is 4. The minimum Gasteiger partial charge on any atom is -0.352 e. The molecule has 1 aliphatic heterocycles. The highest BCUT2D eigenvalue weighted by Gasteiger charge is 2.37. The lowest BCUT2D eigenvalue weighted by atomic mass is 10.0. The first-order valence-corrected chi connectivity index (χ1v) is 8.92. The quantitative estimate of drug-likeness (QED) is 0.893. The fourth-order valence-corrected chi connectivity index (χ4v) is 4.09. The van der Waals surface area contributed by atoms with E-state index in [1.807, 2.05) is 0 Å². The predicted octanol–water partition coefficient (Wildman–Crippen LogP) is 3.82. The number of carbonyl (C=O) groups excluding carboxylic acids is 1. The van der Waals surface area contributed by atoms with Crippen LogP contribution >= 0.6 is 0 Å². The fraction of sp³-hybridized carbons (Fsp3) is 0.667. The Labute approximate surface area is 145 Å². The number of alkyl halides is 3. The molecule has 1 unspecified atom stereocenters. The summed E-state index contributed by atoms with van der Waals surface area (Å²) in [6, 6.07) is 1.64. The first-order chi connectivity index (χ1) is 11.9. The third-order valence-electron chi connectivity index (χ3n) is 5.27. The summed E-state index contributed by atoms with van der Waals surface area (Å²) in [5, 5.41) is 2.43. The molecule has 0 aromatic carbocycles. The van der Waals surface area contributed by atoms with Crippen molar-refractivity contribution in [3.8, 4) is 0 Å². The molecule has 1 saturated heterocycles. The van der Waals surface area contributed by atoms with Gasteiger partial charge in [0, 0.05) is 31.3 Å². The first-order valence-electron chi connectivity index (χ1n) is 8.92. The third-order valence-corrected chi connectivity index (χ3v) is 5.27. The summed E-state index contributed by atoms with van der Waals surface area (Å²) in [5.41, 5.74) is -0.176. The van der Waals surface area contributed by atoms with Gasteiger partial charge in [0.15, 0.2) is 0 Å². The number of carbonyl (C=O) groups is 1. The van der Waals surface area contributed by atoms with Gasteiger partial charge in [-0.25, -0.2) is 0 Å². The van der Waals surface area contributed by atoms with Gasteiger partial charge in [0.2, 0.25) is 5.91 Å². The number of hydrogen-bond donors (Lipinski definition) is 1. The van der Waals surface area contributed by atoms with Gasteiger partial charge in [-0.2, -0.15) is 13.2 Å². The topological polar surface area (TPSA) is 45.2 Å². The van der Waals surface area contributed by atoms with Gasteiger partial charge in [-0.05, 0) is 38.3 Å². The van der Waals surface area contributed by atoms with Gasteiger partial charge in [0.1, 0.15) is 0 Å². The zero-order valence-electron chi connectivity index (χ0n) is 14.4. The minimum atomic E-state index is -4.46. The second-order valence-electron chi connectivity index (χ2n) is 7.01. The Morgan fingerprint density at radius 1 is 1.28 bits per heavy atom. The van der Waals surface area contributed by atoms with Crippen LogP contribution < -0.4 is 5.32 Å². The molecule has 1 aromatic rings. The first kappa shape index (κ1) is 18.2. The van der Waals surface area contributed by atoms with Crippen molar-refractivity contribution in [2.75, 3.05) is 6.54 Å². The van der Waals surface area contributed by atoms with E-state index in [-0.39, 0.29) is 24.1 Å². The molecule has 1 aliphatic carbocycles. The molecule has 1 atom stereocenters. The van der Waals surface area contributed by atoms with Crippen LogP contribution in [-0.2, 0) is 17.5 Å². The number of hydrogen-bond acceptors (Lipinski definition) is 3. The molecular weight excluding hydrogens is 331 g/mol. The molecule has 3 rings (SSSR count). The van der Waals surface area contributed by atoms with Crippen molar-refractivity contribution in [2.45, 2.75) is 70.3 Å². The predicted molar refractivity (Wildman–Crippen MR) is 87.7 cm³/mol. The zero-order chi connectivity index (χ0) is 18.0. The Kier molecular flexibility index (Phi) is 5.32. The van der Waals surface area contributed by atoms with Crippen molar-refractivity contribution < 1.29 is 18.0 Å². The maximum Gasteiger partial charge on any atom is 0.416 e. The van der Waals surface area contributed by atoms with Crippen LogP contribution in [0.3, 0.4) is 0 Å². The lowest BCUT2D eigenvalue weighted by Crippen LogP contribution is -2.33. The summed E-state index contributed by atoms with van der Waals surface area (Å²) in [4.78, 5) is 17.7. The molecule has 4 nitrogen and oxygen atoms in total. The van der Waals surface area contributed by atoms with Crippen LogP contribution in [0.2, 0.25) is 0 Å². The Bertz CT molecular complexity index is 626. The molecule has 1 saturated carbocycles. The van der Waals surface area contributed by atoms with Crippen molar-refractivity contribution >= 4 is 5.91 Å². The normalized spacial score (nSPS) is 22.5. The monoisotopic (exact) mass is 355 g/mol. The summed E-state index contributed by atoms with van der Waals surface area (Å²) in [5.74, 6) is -0.361. The van der Waals surface area contributed by atoms with Crippen LogP contribution in [0.4, 0.5) is 13.2 Å². The molecule has 1 aromatic heterocycles.